The van der Waals surface area contributed by atoms with Crippen molar-refractivity contribution in [1.29, 1.82) is 0 Å². The standard InChI is InChI=1S/C32H39F3N6OS2/c1-3-23-16-25(40-12-10-39(11-13-40)19-22-4-5-22)8-9-27(23)37-31-36-18-26(32(33,34)35)30(38-31)29-17-28(21(2)44-29)43-15-14-41(20-42)24-6-7-24/h8-9,16-18,20,22,24H,3-7,10-15,19H2,1-2H3,(H,36,37,38). The number of anilines is 3. The van der Waals surface area contributed by atoms with Crippen LogP contribution in [0.5, 0.6) is 0 Å². The molecule has 0 radical (unpaired) electrons. The van der Waals surface area contributed by atoms with Crippen LogP contribution >= 0.6 is 23.1 Å². The summed E-state index contributed by atoms with van der Waals surface area (Å²) in [4.78, 5) is 28.9. The third kappa shape index (κ3) is 7.51. The van der Waals surface area contributed by atoms with Gasteiger partial charge in [-0.2, -0.15) is 13.2 Å². The Kier molecular flexibility index (Phi) is 9.39. The first-order valence-electron chi connectivity index (χ1n) is 15.5. The number of piperazine rings is 1. The summed E-state index contributed by atoms with van der Waals surface area (Å²) in [6.07, 6.45) is 2.76. The van der Waals surface area contributed by atoms with E-state index in [0.717, 1.165) is 85.0 Å². The number of rotatable bonds is 13. The van der Waals surface area contributed by atoms with Gasteiger partial charge in [-0.25, -0.2) is 9.97 Å². The lowest BCUT2D eigenvalue weighted by molar-refractivity contribution is -0.137. The number of amides is 1. The second-order valence-electron chi connectivity index (χ2n) is 12.0. The Balaban J connectivity index is 1.18. The van der Waals surface area contributed by atoms with Gasteiger partial charge >= 0.3 is 6.18 Å². The zero-order chi connectivity index (χ0) is 30.8. The van der Waals surface area contributed by atoms with Gasteiger partial charge in [0.25, 0.3) is 0 Å². The predicted molar refractivity (Wildman–Crippen MR) is 172 cm³/mol. The van der Waals surface area contributed by atoms with Crippen LogP contribution in [0.1, 0.15) is 48.6 Å². The number of hydrogen-bond acceptors (Lipinski definition) is 8. The molecule has 2 aromatic heterocycles. The van der Waals surface area contributed by atoms with Crippen molar-refractivity contribution in [3.63, 3.8) is 0 Å². The summed E-state index contributed by atoms with van der Waals surface area (Å²) < 4.78 is 42.3. The zero-order valence-corrected chi connectivity index (χ0v) is 26.8. The summed E-state index contributed by atoms with van der Waals surface area (Å²) in [5, 5.41) is 3.21. The summed E-state index contributed by atoms with van der Waals surface area (Å²) in [5.41, 5.74) is 2.05. The molecule has 0 spiro atoms. The second-order valence-corrected chi connectivity index (χ2v) is 14.4. The highest BCUT2D eigenvalue weighted by Crippen LogP contribution is 2.42. The first kappa shape index (κ1) is 31.2. The van der Waals surface area contributed by atoms with E-state index in [1.165, 1.54) is 36.4 Å². The topological polar surface area (TPSA) is 64.6 Å². The van der Waals surface area contributed by atoms with Crippen LogP contribution in [0.15, 0.2) is 35.4 Å². The van der Waals surface area contributed by atoms with Crippen molar-refractivity contribution in [1.82, 2.24) is 19.8 Å². The van der Waals surface area contributed by atoms with E-state index in [-0.39, 0.29) is 11.6 Å². The van der Waals surface area contributed by atoms with Crippen molar-refractivity contribution in [3.8, 4) is 10.6 Å². The van der Waals surface area contributed by atoms with Crippen LogP contribution in [0.3, 0.4) is 0 Å². The van der Waals surface area contributed by atoms with Crippen LogP contribution in [0, 0.1) is 12.8 Å². The van der Waals surface area contributed by atoms with Crippen molar-refractivity contribution in [2.24, 2.45) is 5.92 Å². The van der Waals surface area contributed by atoms with Crippen LogP contribution in [0.25, 0.3) is 10.6 Å². The van der Waals surface area contributed by atoms with Crippen LogP contribution in [-0.4, -0.2) is 77.2 Å². The van der Waals surface area contributed by atoms with Crippen LogP contribution in [-0.2, 0) is 17.4 Å². The van der Waals surface area contributed by atoms with Gasteiger partial charge in [-0.3, -0.25) is 9.69 Å². The summed E-state index contributed by atoms with van der Waals surface area (Å²) in [5.74, 6) is 1.71. The lowest BCUT2D eigenvalue weighted by atomic mass is 10.1. The van der Waals surface area contributed by atoms with E-state index in [1.807, 2.05) is 17.9 Å². The van der Waals surface area contributed by atoms with E-state index in [2.05, 4.69) is 44.1 Å². The third-order valence-electron chi connectivity index (χ3n) is 8.63. The SMILES string of the molecule is CCc1cc(N2CCN(CC3CC3)CC2)ccc1Nc1ncc(C(F)(F)F)c(-c2cc(SCCN(C=O)C3CC3)c(C)s2)n1. The molecule has 236 valence electrons. The van der Waals surface area contributed by atoms with Crippen molar-refractivity contribution in [3.05, 3.63) is 46.5 Å². The normalized spacial score (nSPS) is 17.6. The molecule has 0 unspecified atom stereocenters. The van der Waals surface area contributed by atoms with Crippen LogP contribution < -0.4 is 10.2 Å². The number of alkyl halides is 3. The monoisotopic (exact) mass is 644 g/mol. The molecule has 1 saturated heterocycles. The highest BCUT2D eigenvalue weighted by atomic mass is 32.2. The van der Waals surface area contributed by atoms with Gasteiger partial charge in [-0.05, 0) is 74.8 Å². The minimum absolute atomic E-state index is 0.124. The molecule has 44 heavy (non-hydrogen) atoms. The van der Waals surface area contributed by atoms with E-state index in [1.54, 1.807) is 17.8 Å². The molecule has 1 aliphatic heterocycles. The maximum atomic E-state index is 14.1. The zero-order valence-electron chi connectivity index (χ0n) is 25.2. The molecule has 3 fully saturated rings. The number of nitrogens with zero attached hydrogens (tertiary/aromatic N) is 5. The fourth-order valence-electron chi connectivity index (χ4n) is 5.72. The van der Waals surface area contributed by atoms with Gasteiger partial charge in [0, 0.05) is 78.4 Å². The highest BCUT2D eigenvalue weighted by Gasteiger charge is 2.36. The summed E-state index contributed by atoms with van der Waals surface area (Å²) >= 11 is 2.85. The second kappa shape index (κ2) is 13.3. The lowest BCUT2D eigenvalue weighted by Gasteiger charge is -2.36. The molecule has 0 atom stereocenters. The van der Waals surface area contributed by atoms with E-state index >= 15 is 0 Å². The molecular formula is C32H39F3N6OS2. The Bertz CT molecular complexity index is 1460. The van der Waals surface area contributed by atoms with Gasteiger partial charge in [0.1, 0.15) is 5.56 Å². The van der Waals surface area contributed by atoms with Gasteiger partial charge in [-0.1, -0.05) is 6.92 Å². The minimum Gasteiger partial charge on any atom is -0.369 e. The number of thioether (sulfide) groups is 1. The number of aryl methyl sites for hydroxylation is 2. The number of nitrogens with one attached hydrogen (secondary N) is 1. The Morgan fingerprint density at radius 2 is 1.91 bits per heavy atom. The van der Waals surface area contributed by atoms with E-state index < -0.39 is 11.7 Å². The number of thiophene rings is 1. The number of aromatic nitrogens is 2. The maximum absolute atomic E-state index is 14.1. The first-order valence-corrected chi connectivity index (χ1v) is 17.3. The molecule has 2 saturated carbocycles. The molecular weight excluding hydrogens is 606 g/mol. The van der Waals surface area contributed by atoms with Crippen molar-refractivity contribution in [2.75, 3.05) is 55.2 Å². The molecule has 3 heterocycles. The average molecular weight is 645 g/mol. The van der Waals surface area contributed by atoms with Gasteiger partial charge in [-0.15, -0.1) is 23.1 Å². The molecule has 1 N–H and O–H groups in total. The Hall–Kier alpha value is -2.83. The molecule has 1 amide bonds. The van der Waals surface area contributed by atoms with E-state index in [4.69, 9.17) is 0 Å². The molecule has 6 rings (SSSR count). The molecule has 3 aromatic rings. The fourth-order valence-corrected chi connectivity index (χ4v) is 7.94. The Labute approximate surface area is 265 Å². The average Bonchev–Trinajstić information content (AvgIpc) is 3.95. The quantitative estimate of drug-likeness (QED) is 0.158. The third-order valence-corrected chi connectivity index (χ3v) is 10.9. The van der Waals surface area contributed by atoms with E-state index in [0.29, 0.717) is 23.2 Å². The number of carbonyl (C=O) groups excluding carboxylic acids is 1. The number of carbonyl (C=O) groups is 1. The minimum atomic E-state index is -4.59. The Morgan fingerprint density at radius 3 is 2.57 bits per heavy atom. The molecule has 7 nitrogen and oxygen atoms in total. The molecule has 3 aliphatic rings. The molecule has 12 heteroatoms. The van der Waals surface area contributed by atoms with Gasteiger partial charge in [0.2, 0.25) is 12.4 Å². The van der Waals surface area contributed by atoms with Crippen molar-refractivity contribution in [2.45, 2.75) is 63.1 Å². The van der Waals surface area contributed by atoms with Crippen LogP contribution in [0.2, 0.25) is 0 Å². The highest BCUT2D eigenvalue weighted by molar-refractivity contribution is 7.99. The van der Waals surface area contributed by atoms with Gasteiger partial charge in [0.15, 0.2) is 0 Å². The smallest absolute Gasteiger partial charge is 0.369 e. The van der Waals surface area contributed by atoms with Gasteiger partial charge in [0.05, 0.1) is 10.6 Å². The van der Waals surface area contributed by atoms with E-state index in [9.17, 15) is 18.0 Å². The number of halogens is 3. The number of hydrogen-bond donors (Lipinski definition) is 1. The van der Waals surface area contributed by atoms with Gasteiger partial charge < -0.3 is 15.1 Å². The molecule has 1 aromatic carbocycles. The predicted octanol–water partition coefficient (Wildman–Crippen LogP) is 7.08. The summed E-state index contributed by atoms with van der Waals surface area (Å²) in [6, 6.07) is 8.35. The fraction of sp³-hybridized carbons (Fsp3) is 0.531. The lowest BCUT2D eigenvalue weighted by Crippen LogP contribution is -2.47. The Morgan fingerprint density at radius 1 is 1.14 bits per heavy atom. The largest absolute Gasteiger partial charge is 0.420 e. The summed E-state index contributed by atoms with van der Waals surface area (Å²) in [7, 11) is 0. The first-order chi connectivity index (χ1) is 21.2. The molecule has 0 bridgehead atoms. The van der Waals surface area contributed by atoms with Crippen LogP contribution in [0.4, 0.5) is 30.5 Å². The number of benzene rings is 1. The van der Waals surface area contributed by atoms with Crippen molar-refractivity contribution < 1.29 is 18.0 Å². The molecule has 2 aliphatic carbocycles. The summed E-state index contributed by atoms with van der Waals surface area (Å²) in [6.45, 7) is 9.94. The van der Waals surface area contributed by atoms with Crippen molar-refractivity contribution >= 4 is 46.8 Å². The maximum Gasteiger partial charge on any atom is 0.420 e.